The summed E-state index contributed by atoms with van der Waals surface area (Å²) in [7, 11) is -2.04. The van der Waals surface area contributed by atoms with E-state index in [9.17, 15) is 9.90 Å². The number of ether oxygens (including phenoxy) is 1. The molecular formula is C29H35ClFN3O4Si. The van der Waals surface area contributed by atoms with Crippen molar-refractivity contribution >= 4 is 42.6 Å². The Morgan fingerprint density at radius 3 is 2.59 bits per heavy atom. The molecule has 2 atom stereocenters. The summed E-state index contributed by atoms with van der Waals surface area (Å²) in [6.07, 6.45) is 4.21. The van der Waals surface area contributed by atoms with Crippen LogP contribution in [-0.2, 0) is 15.6 Å². The molecule has 1 aliphatic carbocycles. The molecule has 3 heterocycles. The number of amides is 1. The average molecular weight is 572 g/mol. The van der Waals surface area contributed by atoms with E-state index in [1.807, 2.05) is 6.92 Å². The van der Waals surface area contributed by atoms with E-state index in [-0.39, 0.29) is 28.0 Å². The summed E-state index contributed by atoms with van der Waals surface area (Å²) in [5.41, 5.74) is 3.94. The van der Waals surface area contributed by atoms with E-state index in [2.05, 4.69) is 38.8 Å². The molecule has 1 N–H and O–H groups in total. The van der Waals surface area contributed by atoms with Crippen LogP contribution in [0.2, 0.25) is 23.2 Å². The number of pyridine rings is 2. The van der Waals surface area contributed by atoms with Gasteiger partial charge in [-0.2, -0.15) is 0 Å². The van der Waals surface area contributed by atoms with Gasteiger partial charge in [-0.3, -0.25) is 9.88 Å². The fraction of sp³-hybridized carbons (Fsp3) is 0.483. The van der Waals surface area contributed by atoms with Crippen molar-refractivity contribution < 1.29 is 23.5 Å². The summed E-state index contributed by atoms with van der Waals surface area (Å²) >= 11 is 6.53. The standard InChI is InChI=1S/C29H35ClFN3O4Si/c1-16-20(13-32-22-7-8-23(25(16)22)38-39(5,6)29(2,3)4)19-11-17-12-24(33-14-21(17)26(30)27(19)31)34(28(35)36)18-9-10-37-15-18/h11-14,18,23H,7-10,15H2,1-6H3,(H,35,36)/t18-,23?/m1/s1. The first-order valence-electron chi connectivity index (χ1n) is 13.3. The molecule has 5 rings (SSSR count). The second-order valence-electron chi connectivity index (χ2n) is 12.0. The normalized spacial score (nSPS) is 19.5. The second-order valence-corrected chi connectivity index (χ2v) is 17.2. The Morgan fingerprint density at radius 2 is 1.95 bits per heavy atom. The first kappa shape index (κ1) is 28.0. The first-order chi connectivity index (χ1) is 18.3. The van der Waals surface area contributed by atoms with Crippen molar-refractivity contribution in [3.05, 3.63) is 52.2 Å². The maximum absolute atomic E-state index is 15.8. The number of hydrogen-bond acceptors (Lipinski definition) is 5. The molecule has 0 saturated carbocycles. The van der Waals surface area contributed by atoms with Gasteiger partial charge in [-0.25, -0.2) is 14.2 Å². The van der Waals surface area contributed by atoms with E-state index in [0.29, 0.717) is 41.5 Å². The van der Waals surface area contributed by atoms with Gasteiger partial charge in [0.1, 0.15) is 11.6 Å². The smallest absolute Gasteiger partial charge is 0.413 e. The highest BCUT2D eigenvalue weighted by Gasteiger charge is 2.41. The summed E-state index contributed by atoms with van der Waals surface area (Å²) in [5.74, 6) is -0.298. The minimum absolute atomic E-state index is 0.0541. The second kappa shape index (κ2) is 10.1. The van der Waals surface area contributed by atoms with Gasteiger partial charge in [0.2, 0.25) is 0 Å². The molecule has 39 heavy (non-hydrogen) atoms. The van der Waals surface area contributed by atoms with Gasteiger partial charge >= 0.3 is 6.09 Å². The number of carbonyl (C=O) groups is 1. The van der Waals surface area contributed by atoms with Crippen molar-refractivity contribution in [2.24, 2.45) is 0 Å². The van der Waals surface area contributed by atoms with Crippen LogP contribution in [0.3, 0.4) is 0 Å². The highest BCUT2D eigenvalue weighted by atomic mass is 35.5. The van der Waals surface area contributed by atoms with E-state index in [0.717, 1.165) is 29.7 Å². The molecular weight excluding hydrogens is 537 g/mol. The third kappa shape index (κ3) is 4.94. The van der Waals surface area contributed by atoms with Crippen LogP contribution in [0.5, 0.6) is 0 Å². The van der Waals surface area contributed by atoms with E-state index in [1.165, 1.54) is 11.1 Å². The molecule has 1 saturated heterocycles. The van der Waals surface area contributed by atoms with Crippen molar-refractivity contribution in [3.63, 3.8) is 0 Å². The zero-order valence-corrected chi connectivity index (χ0v) is 25.0. The molecule has 0 bridgehead atoms. The predicted octanol–water partition coefficient (Wildman–Crippen LogP) is 7.68. The third-order valence-corrected chi connectivity index (χ3v) is 13.4. The molecule has 1 amide bonds. The number of aromatic nitrogens is 2. The number of fused-ring (bicyclic) bond motifs is 2. The summed E-state index contributed by atoms with van der Waals surface area (Å²) in [5, 5.41) is 10.9. The van der Waals surface area contributed by atoms with Crippen LogP contribution in [0.15, 0.2) is 24.5 Å². The van der Waals surface area contributed by atoms with Crippen LogP contribution in [0, 0.1) is 12.7 Å². The van der Waals surface area contributed by atoms with Crippen LogP contribution in [0.1, 0.15) is 56.5 Å². The van der Waals surface area contributed by atoms with Gasteiger partial charge in [0.05, 0.1) is 23.8 Å². The van der Waals surface area contributed by atoms with Gasteiger partial charge < -0.3 is 14.3 Å². The number of carboxylic acid groups (broad SMARTS) is 1. The van der Waals surface area contributed by atoms with Crippen LogP contribution in [-0.4, -0.2) is 48.7 Å². The zero-order chi connectivity index (χ0) is 28.3. The zero-order valence-electron chi connectivity index (χ0n) is 23.3. The number of hydrogen-bond donors (Lipinski definition) is 1. The van der Waals surface area contributed by atoms with Gasteiger partial charge in [-0.1, -0.05) is 32.4 Å². The molecule has 0 spiro atoms. The third-order valence-electron chi connectivity index (χ3n) is 8.58. The molecule has 2 aromatic heterocycles. The quantitative estimate of drug-likeness (QED) is 0.316. The first-order valence-corrected chi connectivity index (χ1v) is 16.6. The molecule has 1 fully saturated rings. The Labute approximate surface area is 234 Å². The van der Waals surface area contributed by atoms with Gasteiger partial charge in [0.15, 0.2) is 8.32 Å². The molecule has 0 radical (unpaired) electrons. The Morgan fingerprint density at radius 1 is 1.21 bits per heavy atom. The van der Waals surface area contributed by atoms with E-state index in [1.54, 1.807) is 18.3 Å². The van der Waals surface area contributed by atoms with Crippen LogP contribution in [0.4, 0.5) is 15.0 Å². The summed E-state index contributed by atoms with van der Waals surface area (Å²) < 4.78 is 28.0. The molecule has 208 valence electrons. The molecule has 3 aromatic rings. The number of halogens is 2. The van der Waals surface area contributed by atoms with Crippen molar-refractivity contribution in [2.45, 2.75) is 77.2 Å². The number of rotatable bonds is 5. The lowest BCUT2D eigenvalue weighted by molar-refractivity contribution is 0.183. The molecule has 7 nitrogen and oxygen atoms in total. The lowest BCUT2D eigenvalue weighted by Crippen LogP contribution is -2.41. The Hall–Kier alpha value is -2.59. The molecule has 1 unspecified atom stereocenters. The number of benzene rings is 1. The van der Waals surface area contributed by atoms with E-state index in [4.69, 9.17) is 25.7 Å². The van der Waals surface area contributed by atoms with E-state index < -0.39 is 20.2 Å². The summed E-state index contributed by atoms with van der Waals surface area (Å²) in [6.45, 7) is 13.9. The average Bonchev–Trinajstić information content (AvgIpc) is 3.52. The largest absolute Gasteiger partial charge is 0.465 e. The Kier molecular flexibility index (Phi) is 7.24. The van der Waals surface area contributed by atoms with E-state index >= 15 is 4.39 Å². The fourth-order valence-electron chi connectivity index (χ4n) is 5.34. The van der Waals surface area contributed by atoms with Crippen molar-refractivity contribution in [3.8, 4) is 11.1 Å². The number of nitrogens with zero attached hydrogens (tertiary/aromatic N) is 3. The minimum Gasteiger partial charge on any atom is -0.465 e. The lowest BCUT2D eigenvalue weighted by Gasteiger charge is -2.39. The van der Waals surface area contributed by atoms with Gasteiger partial charge in [0, 0.05) is 46.8 Å². The number of anilines is 1. The van der Waals surface area contributed by atoms with Crippen molar-refractivity contribution in [1.82, 2.24) is 9.97 Å². The van der Waals surface area contributed by atoms with Gasteiger partial charge in [-0.15, -0.1) is 0 Å². The molecule has 10 heteroatoms. The van der Waals surface area contributed by atoms with Crippen molar-refractivity contribution in [2.75, 3.05) is 18.1 Å². The highest BCUT2D eigenvalue weighted by molar-refractivity contribution is 6.74. The summed E-state index contributed by atoms with van der Waals surface area (Å²) in [6, 6.07) is 3.03. The van der Waals surface area contributed by atoms with Crippen LogP contribution < -0.4 is 4.90 Å². The fourth-order valence-corrected chi connectivity index (χ4v) is 6.90. The lowest BCUT2D eigenvalue weighted by atomic mass is 9.95. The Bertz CT molecular complexity index is 1450. The molecule has 2 aliphatic rings. The highest BCUT2D eigenvalue weighted by Crippen LogP contribution is 2.46. The van der Waals surface area contributed by atoms with Crippen LogP contribution >= 0.6 is 11.6 Å². The monoisotopic (exact) mass is 571 g/mol. The molecule has 1 aromatic carbocycles. The predicted molar refractivity (Wildman–Crippen MR) is 154 cm³/mol. The number of aryl methyl sites for hydroxylation is 1. The van der Waals surface area contributed by atoms with Crippen molar-refractivity contribution in [1.29, 1.82) is 0 Å². The topological polar surface area (TPSA) is 84.8 Å². The SMILES string of the molecule is Cc1c(-c2cc3cc(N(C(=O)O)[C@@H]4CCOC4)ncc3c(Cl)c2F)cnc2c1C(O[Si](C)(C)C(C)(C)C)CC2. The summed E-state index contributed by atoms with van der Waals surface area (Å²) in [4.78, 5) is 22.4. The maximum Gasteiger partial charge on any atom is 0.413 e. The molecule has 1 aliphatic heterocycles. The maximum atomic E-state index is 15.8. The Balaban J connectivity index is 1.59. The minimum atomic E-state index is -2.04. The van der Waals surface area contributed by atoms with Gasteiger partial charge in [-0.05, 0) is 67.4 Å². The van der Waals surface area contributed by atoms with Gasteiger partial charge in [0.25, 0.3) is 0 Å². The van der Waals surface area contributed by atoms with Crippen LogP contribution in [0.25, 0.3) is 21.9 Å².